The van der Waals surface area contributed by atoms with Crippen LogP contribution in [0.2, 0.25) is 0 Å². The van der Waals surface area contributed by atoms with E-state index in [9.17, 15) is 8.42 Å². The number of hydrogen-bond donors (Lipinski definition) is 2. The Labute approximate surface area is 147 Å². The van der Waals surface area contributed by atoms with Crippen LogP contribution < -0.4 is 15.4 Å². The molecule has 1 atom stereocenters. The molecule has 1 unspecified atom stereocenters. The molecule has 1 aromatic heterocycles. The normalized spacial score (nSPS) is 26.0. The smallest absolute Gasteiger partial charge is 0.238 e. The second-order valence-corrected chi connectivity index (χ2v) is 9.15. The molecule has 2 aliphatic rings. The molecule has 4 rings (SSSR count). The SMILES string of the molecule is CC1(C2(C)CNCCN2c2ncnc3ccc(S(N)(=O)=O)cc23)CC1. The fourth-order valence-electron chi connectivity index (χ4n) is 3.88. The van der Waals surface area contributed by atoms with E-state index in [1.165, 1.54) is 18.9 Å². The lowest BCUT2D eigenvalue weighted by Gasteiger charge is -2.50. The van der Waals surface area contributed by atoms with Crippen LogP contribution in [0.15, 0.2) is 29.4 Å². The lowest BCUT2D eigenvalue weighted by Crippen LogP contribution is -2.64. The fraction of sp³-hybridized carbons (Fsp3) is 0.529. The molecule has 1 saturated carbocycles. The molecule has 1 saturated heterocycles. The number of nitrogens with two attached hydrogens (primary N) is 1. The summed E-state index contributed by atoms with van der Waals surface area (Å²) in [6, 6.07) is 4.78. The molecule has 3 N–H and O–H groups in total. The van der Waals surface area contributed by atoms with Crippen LogP contribution in [0.25, 0.3) is 10.9 Å². The third kappa shape index (κ3) is 2.59. The Kier molecular flexibility index (Phi) is 3.58. The summed E-state index contributed by atoms with van der Waals surface area (Å²) in [5.41, 5.74) is 0.874. The van der Waals surface area contributed by atoms with Gasteiger partial charge in [0.15, 0.2) is 0 Å². The van der Waals surface area contributed by atoms with Gasteiger partial charge in [-0.3, -0.25) is 0 Å². The number of primary sulfonamides is 1. The highest BCUT2D eigenvalue weighted by atomic mass is 32.2. The quantitative estimate of drug-likeness (QED) is 0.853. The summed E-state index contributed by atoms with van der Waals surface area (Å²) in [6.45, 7) is 7.14. The van der Waals surface area contributed by atoms with Gasteiger partial charge in [-0.1, -0.05) is 6.92 Å². The second kappa shape index (κ2) is 5.36. The van der Waals surface area contributed by atoms with E-state index in [2.05, 4.69) is 34.0 Å². The van der Waals surface area contributed by atoms with E-state index in [1.807, 2.05) is 0 Å². The molecule has 1 aliphatic carbocycles. The zero-order chi connectivity index (χ0) is 17.9. The average molecular weight is 361 g/mol. The molecule has 1 aliphatic heterocycles. The molecule has 0 bridgehead atoms. The van der Waals surface area contributed by atoms with Gasteiger partial charge in [0.05, 0.1) is 16.0 Å². The lowest BCUT2D eigenvalue weighted by atomic mass is 9.80. The molecular formula is C17H23N5O2S. The van der Waals surface area contributed by atoms with Crippen molar-refractivity contribution in [2.45, 2.75) is 37.1 Å². The van der Waals surface area contributed by atoms with E-state index in [4.69, 9.17) is 5.14 Å². The van der Waals surface area contributed by atoms with Crippen LogP contribution in [-0.2, 0) is 10.0 Å². The maximum absolute atomic E-state index is 11.8. The first kappa shape index (κ1) is 16.7. The summed E-state index contributed by atoms with van der Waals surface area (Å²) in [4.78, 5) is 11.3. The summed E-state index contributed by atoms with van der Waals surface area (Å²) in [6.07, 6.45) is 3.92. The molecule has 1 aromatic carbocycles. The molecule has 2 aromatic rings. The monoisotopic (exact) mass is 361 g/mol. The van der Waals surface area contributed by atoms with E-state index < -0.39 is 10.0 Å². The van der Waals surface area contributed by atoms with E-state index in [0.29, 0.717) is 0 Å². The Morgan fingerprint density at radius 2 is 2.00 bits per heavy atom. The molecule has 0 spiro atoms. The molecule has 7 nitrogen and oxygen atoms in total. The first-order valence-electron chi connectivity index (χ1n) is 8.51. The largest absolute Gasteiger partial charge is 0.347 e. The molecular weight excluding hydrogens is 338 g/mol. The molecule has 2 fully saturated rings. The van der Waals surface area contributed by atoms with Gasteiger partial charge >= 0.3 is 0 Å². The first-order chi connectivity index (χ1) is 11.7. The number of aromatic nitrogens is 2. The van der Waals surface area contributed by atoms with Crippen molar-refractivity contribution in [2.24, 2.45) is 10.6 Å². The number of piperazine rings is 1. The predicted octanol–water partition coefficient (Wildman–Crippen LogP) is 1.25. The van der Waals surface area contributed by atoms with Gasteiger partial charge in [0.2, 0.25) is 10.0 Å². The fourth-order valence-corrected chi connectivity index (χ4v) is 4.42. The Hall–Kier alpha value is -1.77. The van der Waals surface area contributed by atoms with Crippen molar-refractivity contribution >= 4 is 26.7 Å². The average Bonchev–Trinajstić information content (AvgIpc) is 3.33. The van der Waals surface area contributed by atoms with Gasteiger partial charge in [0.25, 0.3) is 0 Å². The highest BCUT2D eigenvalue weighted by molar-refractivity contribution is 7.89. The van der Waals surface area contributed by atoms with Crippen molar-refractivity contribution < 1.29 is 8.42 Å². The van der Waals surface area contributed by atoms with Crippen molar-refractivity contribution in [1.82, 2.24) is 15.3 Å². The zero-order valence-electron chi connectivity index (χ0n) is 14.5. The minimum atomic E-state index is -3.77. The third-order valence-corrected chi connectivity index (χ3v) is 6.96. The van der Waals surface area contributed by atoms with Gasteiger partial charge < -0.3 is 10.2 Å². The Balaban J connectivity index is 1.90. The summed E-state index contributed by atoms with van der Waals surface area (Å²) >= 11 is 0. The number of nitrogens with zero attached hydrogens (tertiary/aromatic N) is 3. The predicted molar refractivity (Wildman–Crippen MR) is 96.9 cm³/mol. The molecule has 0 amide bonds. The van der Waals surface area contributed by atoms with Crippen LogP contribution >= 0.6 is 0 Å². The zero-order valence-corrected chi connectivity index (χ0v) is 15.3. The standard InChI is InChI=1S/C17H23N5O2S/c1-16(5-6-16)17(2)10-19-7-8-22(17)15-13-9-12(25(18,23)24)3-4-14(13)20-11-21-15/h3-4,9,11,19H,5-8,10H2,1-2H3,(H2,18,23,24). The molecule has 0 radical (unpaired) electrons. The van der Waals surface area contributed by atoms with E-state index in [0.717, 1.165) is 36.4 Å². The summed E-state index contributed by atoms with van der Waals surface area (Å²) in [5.74, 6) is 0.785. The van der Waals surface area contributed by atoms with Gasteiger partial charge in [-0.15, -0.1) is 0 Å². The molecule has 2 heterocycles. The van der Waals surface area contributed by atoms with Gasteiger partial charge in [-0.2, -0.15) is 0 Å². The van der Waals surface area contributed by atoms with Crippen LogP contribution in [0.1, 0.15) is 26.7 Å². The second-order valence-electron chi connectivity index (χ2n) is 7.58. The number of anilines is 1. The molecule has 8 heteroatoms. The van der Waals surface area contributed by atoms with Crippen molar-refractivity contribution in [3.05, 3.63) is 24.5 Å². The number of rotatable bonds is 3. The minimum Gasteiger partial charge on any atom is -0.347 e. The van der Waals surface area contributed by atoms with Crippen molar-refractivity contribution in [1.29, 1.82) is 0 Å². The molecule has 25 heavy (non-hydrogen) atoms. The van der Waals surface area contributed by atoms with Crippen molar-refractivity contribution in [3.8, 4) is 0 Å². The number of benzene rings is 1. The van der Waals surface area contributed by atoms with Gasteiger partial charge in [-0.25, -0.2) is 23.5 Å². The maximum atomic E-state index is 11.8. The first-order valence-corrected chi connectivity index (χ1v) is 10.1. The van der Waals surface area contributed by atoms with Crippen molar-refractivity contribution in [2.75, 3.05) is 24.5 Å². The molecule has 134 valence electrons. The van der Waals surface area contributed by atoms with E-state index >= 15 is 0 Å². The summed E-state index contributed by atoms with van der Waals surface area (Å²) < 4.78 is 23.5. The highest BCUT2D eigenvalue weighted by Crippen LogP contribution is 2.57. The van der Waals surface area contributed by atoms with Gasteiger partial charge in [0.1, 0.15) is 12.1 Å². The maximum Gasteiger partial charge on any atom is 0.238 e. The van der Waals surface area contributed by atoms with E-state index in [-0.39, 0.29) is 15.8 Å². The Morgan fingerprint density at radius 3 is 2.68 bits per heavy atom. The van der Waals surface area contributed by atoms with Crippen molar-refractivity contribution in [3.63, 3.8) is 0 Å². The van der Waals surface area contributed by atoms with Crippen LogP contribution in [0.4, 0.5) is 5.82 Å². The van der Waals surface area contributed by atoms with Crippen LogP contribution in [0, 0.1) is 5.41 Å². The number of fused-ring (bicyclic) bond motifs is 1. The number of sulfonamides is 1. The van der Waals surface area contributed by atoms with Crippen LogP contribution in [0.3, 0.4) is 0 Å². The highest BCUT2D eigenvalue weighted by Gasteiger charge is 2.57. The van der Waals surface area contributed by atoms with Gasteiger partial charge in [-0.05, 0) is 43.4 Å². The van der Waals surface area contributed by atoms with E-state index in [1.54, 1.807) is 18.5 Å². The van der Waals surface area contributed by atoms with Crippen LogP contribution in [0.5, 0.6) is 0 Å². The number of hydrogen-bond acceptors (Lipinski definition) is 6. The number of nitrogens with one attached hydrogen (secondary N) is 1. The van der Waals surface area contributed by atoms with Crippen LogP contribution in [-0.4, -0.2) is 43.6 Å². The Morgan fingerprint density at radius 1 is 1.24 bits per heavy atom. The summed E-state index contributed by atoms with van der Waals surface area (Å²) in [7, 11) is -3.77. The third-order valence-electron chi connectivity index (χ3n) is 6.05. The Bertz CT molecular complexity index is 941. The van der Waals surface area contributed by atoms with Gasteiger partial charge in [0, 0.05) is 25.0 Å². The topological polar surface area (TPSA) is 101 Å². The lowest BCUT2D eigenvalue weighted by molar-refractivity contribution is 0.234. The summed E-state index contributed by atoms with van der Waals surface area (Å²) in [5, 5.41) is 9.55. The minimum absolute atomic E-state index is 0.0792.